The molecule has 0 atom stereocenters. The number of benzene rings is 5. The third-order valence-corrected chi connectivity index (χ3v) is 19.5. The molecule has 0 radical (unpaired) electrons. The van der Waals surface area contributed by atoms with Crippen molar-refractivity contribution in [2.75, 3.05) is 64.3 Å². The number of rotatable bonds is 34. The number of hydrogen-bond acceptors (Lipinski definition) is 15. The molecule has 17 heteroatoms. The lowest BCUT2D eigenvalue weighted by Gasteiger charge is -2.26. The molecule has 1 amide bonds. The Bertz CT molecular complexity index is 3400. The molecule has 0 saturated carbocycles. The molecule has 2 aromatic heterocycles. The van der Waals surface area contributed by atoms with Crippen LogP contribution in [0.25, 0.3) is 48.5 Å². The molecule has 89 heavy (non-hydrogen) atoms. The molecule has 470 valence electrons. The average Bonchev–Trinajstić information content (AvgIpc) is 3.50. The maximum absolute atomic E-state index is 13.4. The summed E-state index contributed by atoms with van der Waals surface area (Å²) < 4.78 is 51.3. The number of anilines is 3. The summed E-state index contributed by atoms with van der Waals surface area (Å²) in [4.78, 5) is 31.8. The lowest BCUT2D eigenvalue weighted by Crippen LogP contribution is -2.33. The van der Waals surface area contributed by atoms with Crippen LogP contribution in [0.1, 0.15) is 135 Å². The van der Waals surface area contributed by atoms with Gasteiger partial charge in [-0.1, -0.05) is 165 Å². The molecule has 0 spiro atoms. The number of carbonyl (C=O) groups excluding carboxylic acids is 1. The van der Waals surface area contributed by atoms with Crippen LogP contribution in [0.3, 0.4) is 0 Å². The average molecular weight is 1280 g/mol. The van der Waals surface area contributed by atoms with Crippen LogP contribution >= 0.6 is 46.7 Å². The number of thioether (sulfide) groups is 1. The number of carboxylic acids is 1. The van der Waals surface area contributed by atoms with Crippen LogP contribution in [0.5, 0.6) is 46.0 Å². The van der Waals surface area contributed by atoms with E-state index < -0.39 is 18.4 Å². The third-order valence-electron chi connectivity index (χ3n) is 15.7. The number of thiophene rings is 2. The molecular formula is C72H82N2O11S4. The Kier molecular flexibility index (Phi) is 23.7. The molecule has 3 aliphatic rings. The SMILES string of the molecule is CCCCCCOc1ccc(-c2ccc(N(c3ccc(-c4ccc(OCCCCCC)cc4OCCCCCC)cc3)c3ccc(-c4sc(-c5sc(/C=C6\SC(=S)N(CC(=O)O)C6=O)c6c5OCCO6)c5c4OCCO5)cc3)cc2)c(OCCCCCC)c1. The summed E-state index contributed by atoms with van der Waals surface area (Å²) in [5, 5.41) is 9.47. The van der Waals surface area contributed by atoms with E-state index in [9.17, 15) is 14.7 Å². The van der Waals surface area contributed by atoms with Gasteiger partial charge in [-0.15, -0.1) is 22.7 Å². The molecule has 3 aliphatic heterocycles. The van der Waals surface area contributed by atoms with Gasteiger partial charge >= 0.3 is 5.97 Å². The van der Waals surface area contributed by atoms with Crippen molar-refractivity contribution in [3.63, 3.8) is 0 Å². The number of hydrogen-bond donors (Lipinski definition) is 1. The molecule has 1 fully saturated rings. The van der Waals surface area contributed by atoms with Gasteiger partial charge in [-0.05, 0) is 109 Å². The minimum Gasteiger partial charge on any atom is -0.493 e. The highest BCUT2D eigenvalue weighted by Gasteiger charge is 2.37. The van der Waals surface area contributed by atoms with E-state index in [1.165, 1.54) is 49.9 Å². The van der Waals surface area contributed by atoms with Gasteiger partial charge in [-0.2, -0.15) is 0 Å². The lowest BCUT2D eigenvalue weighted by atomic mass is 10.0. The quantitative estimate of drug-likeness (QED) is 0.0233. The van der Waals surface area contributed by atoms with Crippen LogP contribution in [0.4, 0.5) is 17.1 Å². The van der Waals surface area contributed by atoms with Gasteiger partial charge in [0.05, 0.1) is 50.8 Å². The zero-order valence-corrected chi connectivity index (χ0v) is 55.0. The summed E-state index contributed by atoms with van der Waals surface area (Å²) in [6.45, 7) is 12.4. The Morgan fingerprint density at radius 1 is 0.517 bits per heavy atom. The van der Waals surface area contributed by atoms with E-state index in [1.54, 1.807) is 17.4 Å². The van der Waals surface area contributed by atoms with Crippen LogP contribution in [0.2, 0.25) is 0 Å². The maximum atomic E-state index is 13.4. The van der Waals surface area contributed by atoms with Crippen molar-refractivity contribution < 1.29 is 52.6 Å². The first-order chi connectivity index (χ1) is 43.7. The Balaban J connectivity index is 0.991. The molecule has 0 aliphatic carbocycles. The smallest absolute Gasteiger partial charge is 0.323 e. The topological polar surface area (TPSA) is 135 Å². The molecule has 5 heterocycles. The summed E-state index contributed by atoms with van der Waals surface area (Å²) in [7, 11) is 0. The highest BCUT2D eigenvalue weighted by molar-refractivity contribution is 8.26. The standard InChI is InChI=1S/C72H82N2O11S4/c1-5-9-13-17-37-78-55-33-35-57(59(45-55)80-39-19-15-11-7-3)49-21-27-52(28-22-49)74(53-29-23-50(24-30-53)58-36-34-56(79-38-18-14-10-6-2)46-60(58)81-40-20-16-12-8-4)54-31-25-51(26-32-54)68-66-67(85-44-43-84-66)70(89-68)69-65-64(82-41-42-83-65)61(87-69)47-62-71(77)73(48-63(75)76)72(86)88-62/h21-36,45-47H,5-20,37-44,48H2,1-4H3,(H,75,76)/b62-47-. The number of ether oxygens (including phenoxy) is 8. The highest BCUT2D eigenvalue weighted by Crippen LogP contribution is 2.60. The Hall–Kier alpha value is -7.18. The largest absolute Gasteiger partial charge is 0.493 e. The normalized spacial score (nSPS) is 13.9. The van der Waals surface area contributed by atoms with Crippen LogP contribution in [0.15, 0.2) is 114 Å². The van der Waals surface area contributed by atoms with Crippen molar-refractivity contribution in [3.05, 3.63) is 119 Å². The Morgan fingerprint density at radius 2 is 0.921 bits per heavy atom. The Morgan fingerprint density at radius 3 is 1.37 bits per heavy atom. The zero-order valence-electron chi connectivity index (χ0n) is 51.7. The van der Waals surface area contributed by atoms with Gasteiger partial charge < -0.3 is 47.9 Å². The van der Waals surface area contributed by atoms with E-state index in [4.69, 9.17) is 50.1 Å². The fraction of sp³-hybridized carbons (Fsp3) is 0.403. The first-order valence-electron chi connectivity index (χ1n) is 31.9. The van der Waals surface area contributed by atoms with Crippen molar-refractivity contribution in [3.8, 4) is 88.4 Å². The molecule has 0 bridgehead atoms. The second-order valence-electron chi connectivity index (χ2n) is 22.4. The summed E-state index contributed by atoms with van der Waals surface area (Å²) in [6, 6.07) is 38.5. The monoisotopic (exact) mass is 1280 g/mol. The zero-order chi connectivity index (χ0) is 61.9. The second kappa shape index (κ2) is 32.5. The van der Waals surface area contributed by atoms with Gasteiger partial charge in [0.1, 0.15) is 60.3 Å². The minimum absolute atomic E-state index is 0.187. The lowest BCUT2D eigenvalue weighted by molar-refractivity contribution is -0.140. The molecule has 1 saturated heterocycles. The molecule has 0 unspecified atom stereocenters. The van der Waals surface area contributed by atoms with Gasteiger partial charge in [-0.25, -0.2) is 0 Å². The third kappa shape index (κ3) is 16.4. The van der Waals surface area contributed by atoms with Crippen LogP contribution in [0, 0.1) is 0 Å². The molecular weight excluding hydrogens is 1200 g/mol. The molecule has 7 aromatic rings. The van der Waals surface area contributed by atoms with Crippen LogP contribution in [-0.4, -0.2) is 85.6 Å². The molecule has 5 aromatic carbocycles. The first-order valence-corrected chi connectivity index (χ1v) is 34.7. The number of carboxylic acid groups (broad SMARTS) is 1. The Labute approximate surface area is 542 Å². The fourth-order valence-corrected chi connectivity index (χ4v) is 14.7. The highest BCUT2D eigenvalue weighted by atomic mass is 32.2. The van der Waals surface area contributed by atoms with Gasteiger partial charge in [-0.3, -0.25) is 14.5 Å². The molecule has 1 N–H and O–H groups in total. The van der Waals surface area contributed by atoms with Gasteiger partial charge in [0, 0.05) is 40.3 Å². The number of nitrogens with zero attached hydrogens (tertiary/aromatic N) is 2. The maximum Gasteiger partial charge on any atom is 0.323 e. The summed E-state index contributed by atoms with van der Waals surface area (Å²) >= 11 is 9.44. The number of thiocarbonyl (C=S) groups is 1. The first kappa shape index (κ1) is 64.8. The predicted molar refractivity (Wildman–Crippen MR) is 367 cm³/mol. The van der Waals surface area contributed by atoms with Gasteiger partial charge in [0.25, 0.3) is 5.91 Å². The van der Waals surface area contributed by atoms with Crippen molar-refractivity contribution in [2.24, 2.45) is 0 Å². The van der Waals surface area contributed by atoms with Crippen LogP contribution in [-0.2, 0) is 9.59 Å². The van der Waals surface area contributed by atoms with Gasteiger partial charge in [0.2, 0.25) is 0 Å². The number of amides is 1. The van der Waals surface area contributed by atoms with Crippen molar-refractivity contribution in [1.29, 1.82) is 0 Å². The summed E-state index contributed by atoms with van der Waals surface area (Å²) in [6.07, 6.45) is 19.8. The van der Waals surface area contributed by atoms with Crippen molar-refractivity contribution in [2.45, 2.75) is 130 Å². The number of fused-ring (bicyclic) bond motifs is 2. The second-order valence-corrected chi connectivity index (χ2v) is 26.1. The summed E-state index contributed by atoms with van der Waals surface area (Å²) in [5.74, 6) is 4.00. The van der Waals surface area contributed by atoms with Crippen molar-refractivity contribution in [1.82, 2.24) is 4.90 Å². The molecule has 10 rings (SSSR count). The fourth-order valence-electron chi connectivity index (χ4n) is 10.9. The van der Waals surface area contributed by atoms with E-state index >= 15 is 0 Å². The minimum atomic E-state index is -1.15. The number of aliphatic carboxylic acids is 1. The van der Waals surface area contributed by atoms with Crippen LogP contribution < -0.4 is 42.8 Å². The van der Waals surface area contributed by atoms with E-state index in [0.717, 1.165) is 163 Å². The summed E-state index contributed by atoms with van der Waals surface area (Å²) in [5.41, 5.74) is 7.93. The van der Waals surface area contributed by atoms with E-state index in [2.05, 4.69) is 142 Å². The predicted octanol–water partition coefficient (Wildman–Crippen LogP) is 19.6. The molecule has 13 nitrogen and oxygen atoms in total. The van der Waals surface area contributed by atoms with E-state index in [-0.39, 0.29) is 4.32 Å². The number of carbonyl (C=O) groups is 2. The van der Waals surface area contributed by atoms with Crippen molar-refractivity contribution >= 4 is 86.0 Å². The number of unbranched alkanes of at least 4 members (excludes halogenated alkanes) is 12. The van der Waals surface area contributed by atoms with E-state index in [0.29, 0.717) is 85.6 Å². The van der Waals surface area contributed by atoms with Gasteiger partial charge in [0.15, 0.2) is 23.0 Å². The van der Waals surface area contributed by atoms with E-state index in [1.807, 2.05) is 0 Å².